The number of nitrogens with two attached hydrogens (primary N) is 1. The van der Waals surface area contributed by atoms with E-state index in [0.29, 0.717) is 54.1 Å². The van der Waals surface area contributed by atoms with E-state index < -0.39 is 114 Å². The topological polar surface area (TPSA) is 325 Å². The van der Waals surface area contributed by atoms with Gasteiger partial charge in [-0.05, 0) is 101 Å². The summed E-state index contributed by atoms with van der Waals surface area (Å²) in [6.45, 7) is 10.5. The fourth-order valence-corrected chi connectivity index (χ4v) is 12.5. The number of nitrogens with zero attached hydrogens (tertiary/aromatic N) is 2. The van der Waals surface area contributed by atoms with Crippen molar-refractivity contribution < 1.29 is 76.7 Å². The van der Waals surface area contributed by atoms with E-state index in [1.165, 1.54) is 58.3 Å². The zero-order valence-corrected chi connectivity index (χ0v) is 55.8. The van der Waals surface area contributed by atoms with E-state index in [2.05, 4.69) is 58.4 Å². The third-order valence-corrected chi connectivity index (χ3v) is 18.1. The van der Waals surface area contributed by atoms with Crippen LogP contribution in [0.1, 0.15) is 102 Å². The Hall–Kier alpha value is -5.87. The minimum Gasteiger partial charge on any atom is -0.495 e. The highest BCUT2D eigenvalue weighted by molar-refractivity contribution is 9.09. The first-order valence-corrected chi connectivity index (χ1v) is 31.9. The standard InChI is InChI=1S/C60H82Br2Cl2N8O16/c1-32(2)50(67-39(31-73)16-11-12-22-85-56(79)37(29-61)30-62)53(76)69-42(17-14-21-66-57(65)80)52(75)68-38-19-20-40(41(63)26-38)54(77)71(7)35(5)55(78)87-47-27-48(74)72(8)43-24-36(25-44(83-9)49(43)64)23-33(3)15-13-18-46(84-10)60(82)28-45(86-58(81)70-60)34(4)51-59(47,6)88-51/h13,15,18-20,24-26,31-32,34-35,37,39,42,45-47,50-51,67,82H,11-12,14,16-17,21-23,27-30H2,1-10H3,(H,68,75)(H,69,76)(H,70,81)(H3,65,66,80)/b18-13+,33-15+/t34-,35+,39?,42+,45+,46-,47+,50+,51+,59+,60+/m1/s1. The molecule has 5 rings (SSSR count). The molecule has 2 fully saturated rings. The van der Waals surface area contributed by atoms with E-state index in [0.717, 1.165) is 16.0 Å². The molecule has 1 unspecified atom stereocenters. The number of alkyl halides is 2. The normalized spacial score (nSPS) is 24.4. The number of aliphatic hydroxyl groups is 1. The number of rotatable bonds is 26. The van der Waals surface area contributed by atoms with E-state index in [-0.39, 0.29) is 71.5 Å². The fourth-order valence-electron chi connectivity index (χ4n) is 10.3. The van der Waals surface area contributed by atoms with Crippen molar-refractivity contribution in [3.8, 4) is 5.75 Å². The lowest BCUT2D eigenvalue weighted by molar-refractivity contribution is -0.158. The van der Waals surface area contributed by atoms with Crippen LogP contribution in [0.2, 0.25) is 10.0 Å². The molecular formula is C60H82Br2Cl2N8O16. The first-order chi connectivity index (χ1) is 41.6. The van der Waals surface area contributed by atoms with Crippen molar-refractivity contribution in [1.29, 1.82) is 0 Å². The molecule has 24 nitrogen and oxygen atoms in total. The van der Waals surface area contributed by atoms with Crippen molar-refractivity contribution in [2.75, 3.05) is 62.3 Å². The zero-order chi connectivity index (χ0) is 65.4. The number of ether oxygens (including phenoxy) is 6. The summed E-state index contributed by atoms with van der Waals surface area (Å²) in [5, 5.41) is 26.4. The number of allylic oxidation sites excluding steroid dienone is 3. The third kappa shape index (κ3) is 19.3. The lowest BCUT2D eigenvalue weighted by Crippen LogP contribution is -2.63. The molecule has 3 aliphatic heterocycles. The molecule has 4 bridgehead atoms. The van der Waals surface area contributed by atoms with Gasteiger partial charge in [-0.25, -0.2) is 14.4 Å². The van der Waals surface area contributed by atoms with Gasteiger partial charge in [-0.1, -0.05) is 99.6 Å². The number of halogens is 4. The largest absolute Gasteiger partial charge is 0.495 e. The number of esters is 2. The summed E-state index contributed by atoms with van der Waals surface area (Å²) in [6, 6.07) is 2.58. The van der Waals surface area contributed by atoms with Crippen LogP contribution in [0.15, 0.2) is 54.1 Å². The predicted octanol–water partition coefficient (Wildman–Crippen LogP) is 6.65. The van der Waals surface area contributed by atoms with Gasteiger partial charge >= 0.3 is 24.1 Å². The van der Waals surface area contributed by atoms with Crippen molar-refractivity contribution in [1.82, 2.24) is 26.2 Å². The van der Waals surface area contributed by atoms with Crippen LogP contribution in [0, 0.1) is 17.8 Å². The van der Waals surface area contributed by atoms with Crippen molar-refractivity contribution in [3.63, 3.8) is 0 Å². The molecule has 486 valence electrons. The number of likely N-dealkylation sites (N-methyl/N-ethyl adjacent to an activating group) is 1. The number of urea groups is 1. The van der Waals surface area contributed by atoms with E-state index in [9.17, 15) is 48.3 Å². The number of amides is 7. The summed E-state index contributed by atoms with van der Waals surface area (Å²) in [6.07, 6.45) is 2.16. The van der Waals surface area contributed by atoms with E-state index in [1.54, 1.807) is 52.0 Å². The molecule has 0 aliphatic carbocycles. The number of anilines is 2. The smallest absolute Gasteiger partial charge is 0.409 e. The first-order valence-electron chi connectivity index (χ1n) is 28.9. The number of aldehydes is 1. The molecule has 0 radical (unpaired) electrons. The molecule has 88 heavy (non-hydrogen) atoms. The van der Waals surface area contributed by atoms with E-state index in [1.807, 2.05) is 13.0 Å². The third-order valence-electron chi connectivity index (χ3n) is 15.9. The van der Waals surface area contributed by atoms with E-state index >= 15 is 0 Å². The summed E-state index contributed by atoms with van der Waals surface area (Å²) >= 11 is 20.2. The molecule has 2 aromatic carbocycles. The summed E-state index contributed by atoms with van der Waals surface area (Å²) in [4.78, 5) is 123. The number of unbranched alkanes of at least 4 members (excludes halogenated alkanes) is 1. The number of epoxide rings is 1. The first kappa shape index (κ1) is 72.9. The maximum atomic E-state index is 14.5. The molecule has 8 N–H and O–H groups in total. The number of primary amides is 1. The lowest BCUT2D eigenvalue weighted by Gasteiger charge is -2.42. The second-order valence-corrected chi connectivity index (χ2v) is 24.9. The number of methoxy groups -OCH3 is 2. The van der Waals surface area contributed by atoms with E-state index in [4.69, 9.17) is 57.4 Å². The molecule has 3 heterocycles. The van der Waals surface area contributed by atoms with Crippen LogP contribution in [0.5, 0.6) is 5.75 Å². The summed E-state index contributed by atoms with van der Waals surface area (Å²) < 4.78 is 34.9. The van der Waals surface area contributed by atoms with Crippen LogP contribution in [-0.4, -0.2) is 176 Å². The molecule has 11 atom stereocenters. The van der Waals surface area contributed by atoms with Gasteiger partial charge in [0.25, 0.3) is 5.91 Å². The number of alkyl carbamates (subject to hydrolysis) is 1. The minimum atomic E-state index is -1.92. The van der Waals surface area contributed by atoms with Crippen molar-refractivity contribution >= 4 is 120 Å². The number of carbonyl (C=O) groups excluding carboxylic acids is 9. The second kappa shape index (κ2) is 33.3. The highest BCUT2D eigenvalue weighted by Crippen LogP contribution is 2.49. The molecular weight excluding hydrogens is 1320 g/mol. The van der Waals surface area contributed by atoms with Gasteiger partial charge in [0.2, 0.25) is 17.7 Å². The fraction of sp³-hybridized carbons (Fsp3) is 0.583. The minimum absolute atomic E-state index is 0.0315. The molecule has 7 amide bonds. The highest BCUT2D eigenvalue weighted by Gasteiger charge is 2.64. The quantitative estimate of drug-likeness (QED) is 0.0129. The Balaban J connectivity index is 1.33. The maximum Gasteiger partial charge on any atom is 0.409 e. The Morgan fingerprint density at radius 2 is 1.72 bits per heavy atom. The second-order valence-electron chi connectivity index (χ2n) is 22.8. The molecule has 0 spiro atoms. The van der Waals surface area contributed by atoms with Gasteiger partial charge in [-0.15, -0.1) is 0 Å². The lowest BCUT2D eigenvalue weighted by atomic mass is 9.83. The molecule has 2 aromatic rings. The van der Waals surface area contributed by atoms with Crippen LogP contribution < -0.4 is 42.0 Å². The molecule has 3 aliphatic rings. The van der Waals surface area contributed by atoms with Gasteiger partial charge in [-0.2, -0.15) is 0 Å². The highest BCUT2D eigenvalue weighted by atomic mass is 79.9. The number of fused-ring (bicyclic) bond motifs is 5. The van der Waals surface area contributed by atoms with Crippen LogP contribution in [0.25, 0.3) is 0 Å². The van der Waals surface area contributed by atoms with Gasteiger partial charge < -0.3 is 69.8 Å². The SMILES string of the molecule is COc1cc2cc(c1Cl)N(C)C(=O)C[C@H](OC(=O)[C@H](C)N(C)C(=O)c1ccc(NC(=O)[C@H](CCCNC(N)=O)NC(=O)[C@@H](NC(C=O)CCCCOC(=O)C(CBr)CBr)C(C)C)cc1Cl)[C@]1(C)O[C@H]1[C@H](C)[C@@H]1C[C@@](O)(NC(=O)O1)[C@H](OC)/C=C/C=C(\C)C2. The molecule has 0 aromatic heterocycles. The van der Waals surface area contributed by atoms with Gasteiger partial charge in [0.1, 0.15) is 53.1 Å². The molecule has 28 heteroatoms. The van der Waals surface area contributed by atoms with Crippen LogP contribution in [0.3, 0.4) is 0 Å². The monoisotopic (exact) mass is 1400 g/mol. The van der Waals surface area contributed by atoms with Crippen LogP contribution >= 0.6 is 55.1 Å². The summed E-state index contributed by atoms with van der Waals surface area (Å²) in [5.41, 5.74) is 3.92. The Morgan fingerprint density at radius 1 is 1.01 bits per heavy atom. The van der Waals surface area contributed by atoms with Crippen LogP contribution in [-0.2, 0) is 58.9 Å². The number of benzene rings is 2. The van der Waals surface area contributed by atoms with Gasteiger partial charge in [0.05, 0.1) is 60.5 Å². The summed E-state index contributed by atoms with van der Waals surface area (Å²) in [5.74, 6) is -4.86. The van der Waals surface area contributed by atoms with Gasteiger partial charge in [-0.3, -0.25) is 34.6 Å². The zero-order valence-electron chi connectivity index (χ0n) is 51.1. The Bertz CT molecular complexity index is 2920. The Morgan fingerprint density at radius 3 is 2.34 bits per heavy atom. The van der Waals surface area contributed by atoms with Gasteiger partial charge in [0.15, 0.2) is 5.72 Å². The van der Waals surface area contributed by atoms with Crippen molar-refractivity contribution in [3.05, 3.63) is 75.3 Å². The average molecular weight is 1400 g/mol. The molecule has 2 saturated heterocycles. The van der Waals surface area contributed by atoms with Gasteiger partial charge in [0, 0.05) is 56.4 Å². The van der Waals surface area contributed by atoms with Crippen LogP contribution in [0.4, 0.5) is 21.0 Å². The molecule has 0 saturated carbocycles. The summed E-state index contributed by atoms with van der Waals surface area (Å²) in [7, 11) is 5.71. The Labute approximate surface area is 539 Å². The number of hydrogen-bond donors (Lipinski definition) is 7. The van der Waals surface area contributed by atoms with Crippen molar-refractivity contribution in [2.45, 2.75) is 153 Å². The Kier molecular flexibility index (Phi) is 27.6. The number of carbonyl (C=O) groups is 9. The number of hydrogen-bond acceptors (Lipinski definition) is 17. The maximum absolute atomic E-state index is 14.5. The number of nitrogens with one attached hydrogen (secondary N) is 5. The predicted molar refractivity (Wildman–Crippen MR) is 337 cm³/mol. The van der Waals surface area contributed by atoms with Crippen molar-refractivity contribution in [2.24, 2.45) is 23.5 Å². The average Bonchev–Trinajstić information content (AvgIpc) is 1.58.